The number of carbonyl (C=O) groups excluding carboxylic acids is 1. The fourth-order valence-corrected chi connectivity index (χ4v) is 6.04. The molecular formula is C17H13Br2ClN4O3S2. The highest BCUT2D eigenvalue weighted by Gasteiger charge is 2.21. The summed E-state index contributed by atoms with van der Waals surface area (Å²) in [5.41, 5.74) is 1.38. The van der Waals surface area contributed by atoms with Crippen LogP contribution in [0.1, 0.15) is 12.6 Å². The Balaban J connectivity index is 2.05. The van der Waals surface area contributed by atoms with Crippen molar-refractivity contribution in [1.82, 2.24) is 9.97 Å². The topological polar surface area (TPSA) is 101 Å². The van der Waals surface area contributed by atoms with Gasteiger partial charge in [0.1, 0.15) is 4.60 Å². The van der Waals surface area contributed by atoms with Gasteiger partial charge in [-0.1, -0.05) is 57.1 Å². The number of nitrogens with one attached hydrogen (secondary N) is 2. The normalized spacial score (nSPS) is 11.3. The predicted octanol–water partition coefficient (Wildman–Crippen LogP) is 5.28. The first-order chi connectivity index (χ1) is 13.7. The molecule has 0 aliphatic carbocycles. The Bertz CT molecular complexity index is 1170. The van der Waals surface area contributed by atoms with Crippen molar-refractivity contribution in [3.05, 3.63) is 51.8 Å². The number of anilines is 2. The number of hydrogen-bond acceptors (Lipinski definition) is 6. The van der Waals surface area contributed by atoms with E-state index in [1.54, 1.807) is 24.3 Å². The van der Waals surface area contributed by atoms with Gasteiger partial charge in [-0.25, -0.2) is 18.4 Å². The van der Waals surface area contributed by atoms with Crippen molar-refractivity contribution in [1.29, 1.82) is 0 Å². The monoisotopic (exact) mass is 578 g/mol. The van der Waals surface area contributed by atoms with E-state index in [2.05, 4.69) is 51.9 Å². The third kappa shape index (κ3) is 5.15. The van der Waals surface area contributed by atoms with Gasteiger partial charge in [0.2, 0.25) is 5.91 Å². The van der Waals surface area contributed by atoms with Crippen LogP contribution in [-0.4, -0.2) is 24.3 Å². The molecule has 0 aliphatic rings. The lowest BCUT2D eigenvalue weighted by Gasteiger charge is -2.12. The van der Waals surface area contributed by atoms with Crippen LogP contribution in [0.25, 0.3) is 10.4 Å². The second-order valence-corrected chi connectivity index (χ2v) is 10.0. The Hall–Kier alpha value is -1.53. The maximum atomic E-state index is 12.7. The summed E-state index contributed by atoms with van der Waals surface area (Å²) < 4.78 is 28.2. The van der Waals surface area contributed by atoms with Gasteiger partial charge in [-0.3, -0.25) is 9.52 Å². The molecule has 2 heterocycles. The van der Waals surface area contributed by atoms with Crippen molar-refractivity contribution in [3.8, 4) is 10.4 Å². The molecular weight excluding hydrogens is 568 g/mol. The molecule has 12 heteroatoms. The third-order valence-electron chi connectivity index (χ3n) is 3.58. The van der Waals surface area contributed by atoms with Crippen LogP contribution in [0.4, 0.5) is 10.8 Å². The van der Waals surface area contributed by atoms with E-state index in [1.807, 2.05) is 0 Å². The number of halogens is 3. The minimum absolute atomic E-state index is 0.00729. The number of rotatable bonds is 6. The lowest BCUT2D eigenvalue weighted by molar-refractivity contribution is -0.114. The predicted molar refractivity (Wildman–Crippen MR) is 122 cm³/mol. The Morgan fingerprint density at radius 1 is 1.24 bits per heavy atom. The molecule has 29 heavy (non-hydrogen) atoms. The molecule has 0 unspecified atom stereocenters. The number of sulfonamides is 1. The summed E-state index contributed by atoms with van der Waals surface area (Å²) in [6.45, 7) is 1.39. The van der Waals surface area contributed by atoms with Crippen LogP contribution in [-0.2, 0) is 20.1 Å². The van der Waals surface area contributed by atoms with Crippen LogP contribution in [0.5, 0.6) is 0 Å². The third-order valence-corrected chi connectivity index (χ3v) is 7.43. The Labute approximate surface area is 193 Å². The maximum Gasteiger partial charge on any atom is 0.261 e. The fraction of sp³-hybridized carbons (Fsp3) is 0.118. The van der Waals surface area contributed by atoms with Gasteiger partial charge in [0.25, 0.3) is 10.0 Å². The zero-order valence-corrected chi connectivity index (χ0v) is 20.3. The molecule has 1 amide bonds. The van der Waals surface area contributed by atoms with Crippen molar-refractivity contribution >= 4 is 81.5 Å². The average Bonchev–Trinajstić information content (AvgIpc) is 3.06. The molecule has 152 valence electrons. The molecule has 3 aromatic rings. The minimum Gasteiger partial charge on any atom is -0.302 e. The SMILES string of the molecule is CC(=O)Nc1nc(CBr)c(-c2cc(NS(=O)(=O)c3ccccc3)c(Cl)nc2Br)s1. The Morgan fingerprint density at radius 2 is 1.93 bits per heavy atom. The highest BCUT2D eigenvalue weighted by Crippen LogP contribution is 2.40. The Morgan fingerprint density at radius 3 is 2.55 bits per heavy atom. The van der Waals surface area contributed by atoms with Crippen molar-refractivity contribution in [2.45, 2.75) is 17.1 Å². The number of alkyl halides is 1. The first-order valence-electron chi connectivity index (χ1n) is 7.99. The van der Waals surface area contributed by atoms with Crippen molar-refractivity contribution in [2.24, 2.45) is 0 Å². The van der Waals surface area contributed by atoms with Crippen LogP contribution >= 0.6 is 54.8 Å². The standard InChI is InChI=1S/C17H13Br2ClN4O3S2/c1-9(25)21-17-22-13(8-18)14(28-17)11-7-12(16(20)23-15(11)19)24-29(26,27)10-5-3-2-4-6-10/h2-7,24H,8H2,1H3,(H,21,22,25). The molecule has 0 aliphatic heterocycles. The molecule has 0 saturated carbocycles. The number of amides is 1. The van der Waals surface area contributed by atoms with Gasteiger partial charge < -0.3 is 5.32 Å². The van der Waals surface area contributed by atoms with Gasteiger partial charge in [0.15, 0.2) is 10.3 Å². The molecule has 2 aromatic heterocycles. The summed E-state index contributed by atoms with van der Waals surface area (Å²) in [6, 6.07) is 9.53. The van der Waals surface area contributed by atoms with E-state index in [4.69, 9.17) is 11.6 Å². The van der Waals surface area contributed by atoms with Gasteiger partial charge in [-0.2, -0.15) is 0 Å². The summed E-state index contributed by atoms with van der Waals surface area (Å²) in [6.07, 6.45) is 0. The van der Waals surface area contributed by atoms with Crippen LogP contribution in [0, 0.1) is 0 Å². The lowest BCUT2D eigenvalue weighted by atomic mass is 10.2. The second kappa shape index (κ2) is 9.09. The van der Waals surface area contributed by atoms with Gasteiger partial charge in [0.05, 0.1) is 21.2 Å². The van der Waals surface area contributed by atoms with E-state index in [1.165, 1.54) is 30.4 Å². The van der Waals surface area contributed by atoms with E-state index in [9.17, 15) is 13.2 Å². The molecule has 0 fully saturated rings. The van der Waals surface area contributed by atoms with E-state index in [0.29, 0.717) is 31.2 Å². The van der Waals surface area contributed by atoms with Gasteiger partial charge in [-0.15, -0.1) is 0 Å². The zero-order chi connectivity index (χ0) is 21.2. The number of nitrogens with zero attached hydrogens (tertiary/aromatic N) is 2. The molecule has 0 bridgehead atoms. The molecule has 3 rings (SSSR count). The molecule has 0 atom stereocenters. The number of aromatic nitrogens is 2. The quantitative estimate of drug-likeness (QED) is 0.305. The largest absolute Gasteiger partial charge is 0.302 e. The van der Waals surface area contributed by atoms with Crippen LogP contribution in [0.2, 0.25) is 5.15 Å². The number of pyridine rings is 1. The van der Waals surface area contributed by atoms with E-state index >= 15 is 0 Å². The van der Waals surface area contributed by atoms with E-state index < -0.39 is 10.0 Å². The summed E-state index contributed by atoms with van der Waals surface area (Å²) >= 11 is 14.2. The Kier molecular flexibility index (Phi) is 6.94. The summed E-state index contributed by atoms with van der Waals surface area (Å²) in [4.78, 5) is 20.7. The molecule has 7 nitrogen and oxygen atoms in total. The number of benzene rings is 1. The molecule has 1 aromatic carbocycles. The molecule has 0 radical (unpaired) electrons. The number of hydrogen-bond donors (Lipinski definition) is 2. The number of thiazole rings is 1. The smallest absolute Gasteiger partial charge is 0.261 e. The highest BCUT2D eigenvalue weighted by atomic mass is 79.9. The van der Waals surface area contributed by atoms with Gasteiger partial charge in [0, 0.05) is 17.8 Å². The maximum absolute atomic E-state index is 12.7. The van der Waals surface area contributed by atoms with Crippen molar-refractivity contribution in [2.75, 3.05) is 10.0 Å². The fourth-order valence-electron chi connectivity index (χ4n) is 2.36. The van der Waals surface area contributed by atoms with E-state index in [-0.39, 0.29) is 21.6 Å². The summed E-state index contributed by atoms with van der Waals surface area (Å²) in [7, 11) is -3.84. The molecule has 0 spiro atoms. The van der Waals surface area contributed by atoms with Gasteiger partial charge in [-0.05, 0) is 34.1 Å². The van der Waals surface area contributed by atoms with Crippen molar-refractivity contribution < 1.29 is 13.2 Å². The zero-order valence-electron chi connectivity index (χ0n) is 14.7. The molecule has 0 saturated heterocycles. The van der Waals surface area contributed by atoms with Crippen LogP contribution in [0.15, 0.2) is 45.9 Å². The van der Waals surface area contributed by atoms with Crippen molar-refractivity contribution in [3.63, 3.8) is 0 Å². The average molecular weight is 581 g/mol. The van der Waals surface area contributed by atoms with Gasteiger partial charge >= 0.3 is 0 Å². The first kappa shape index (κ1) is 22.2. The molecule has 2 N–H and O–H groups in total. The highest BCUT2D eigenvalue weighted by molar-refractivity contribution is 9.10. The van der Waals surface area contributed by atoms with Crippen LogP contribution in [0.3, 0.4) is 0 Å². The lowest BCUT2D eigenvalue weighted by Crippen LogP contribution is -2.13. The van der Waals surface area contributed by atoms with E-state index in [0.717, 1.165) is 0 Å². The summed E-state index contributed by atoms with van der Waals surface area (Å²) in [5.74, 6) is -0.240. The van der Waals surface area contributed by atoms with Crippen LogP contribution < -0.4 is 10.0 Å². The summed E-state index contributed by atoms with van der Waals surface area (Å²) in [5, 5.41) is 3.50. The second-order valence-electron chi connectivity index (χ2n) is 5.69. The number of carbonyl (C=O) groups is 1. The minimum atomic E-state index is -3.84. The first-order valence-corrected chi connectivity index (χ1v) is 12.6.